The van der Waals surface area contributed by atoms with Crippen LogP contribution in [0, 0.1) is 6.92 Å². The Morgan fingerprint density at radius 2 is 1.86 bits per heavy atom. The van der Waals surface area contributed by atoms with Crippen molar-refractivity contribution in [1.82, 2.24) is 14.1 Å². The highest BCUT2D eigenvalue weighted by Gasteiger charge is 2.16. The van der Waals surface area contributed by atoms with Crippen LogP contribution in [-0.4, -0.2) is 20.0 Å². The largest absolute Gasteiger partial charge is 0.344 e. The smallest absolute Gasteiger partial charge is 0.278 e. The first kappa shape index (κ1) is 19.0. The SMILES string of the molecule is Cc1ccccc1NC(=O)Cn1cnc2c(-c3ccc(Cl)cc3)cn(C)c2c1=O. The standard InChI is InChI=1S/C22H19ClN4O2/c1-14-5-3-4-6-18(14)25-19(28)12-27-13-24-20-17(11-26(2)21(20)22(27)29)15-7-9-16(23)10-8-15/h3-11,13H,12H2,1-2H3,(H,25,28). The van der Waals surface area contributed by atoms with Gasteiger partial charge in [-0.1, -0.05) is 41.9 Å². The van der Waals surface area contributed by atoms with Crippen molar-refractivity contribution < 1.29 is 4.79 Å². The second kappa shape index (κ2) is 7.56. The molecule has 2 aromatic carbocycles. The second-order valence-corrected chi connectivity index (χ2v) is 7.33. The first-order valence-electron chi connectivity index (χ1n) is 9.10. The van der Waals surface area contributed by atoms with Crippen LogP contribution in [0.3, 0.4) is 0 Å². The minimum atomic E-state index is -0.283. The quantitative estimate of drug-likeness (QED) is 0.557. The molecule has 0 aliphatic heterocycles. The fourth-order valence-corrected chi connectivity index (χ4v) is 3.45. The molecule has 146 valence electrons. The molecule has 6 nitrogen and oxygen atoms in total. The van der Waals surface area contributed by atoms with Crippen LogP contribution >= 0.6 is 11.6 Å². The number of carbonyl (C=O) groups is 1. The molecule has 2 heterocycles. The highest BCUT2D eigenvalue weighted by molar-refractivity contribution is 6.30. The van der Waals surface area contributed by atoms with Crippen LogP contribution in [0.15, 0.2) is 65.8 Å². The summed E-state index contributed by atoms with van der Waals surface area (Å²) in [6, 6.07) is 14.9. The number of nitrogens with one attached hydrogen (secondary N) is 1. The van der Waals surface area contributed by atoms with Crippen molar-refractivity contribution in [1.29, 1.82) is 0 Å². The van der Waals surface area contributed by atoms with Crippen molar-refractivity contribution in [2.45, 2.75) is 13.5 Å². The van der Waals surface area contributed by atoms with Gasteiger partial charge in [0.15, 0.2) is 0 Å². The number of hydrogen-bond acceptors (Lipinski definition) is 3. The molecular formula is C22H19ClN4O2. The Balaban J connectivity index is 1.67. The third kappa shape index (κ3) is 3.67. The molecule has 0 fully saturated rings. The Bertz CT molecular complexity index is 1270. The molecule has 0 aliphatic carbocycles. The molecule has 0 radical (unpaired) electrons. The van der Waals surface area contributed by atoms with Crippen molar-refractivity contribution >= 4 is 34.2 Å². The fourth-order valence-electron chi connectivity index (χ4n) is 3.32. The summed E-state index contributed by atoms with van der Waals surface area (Å²) in [7, 11) is 1.79. The van der Waals surface area contributed by atoms with E-state index in [1.54, 1.807) is 23.7 Å². The van der Waals surface area contributed by atoms with E-state index in [1.807, 2.05) is 49.5 Å². The minimum Gasteiger partial charge on any atom is -0.344 e. The number of aryl methyl sites for hydroxylation is 2. The highest BCUT2D eigenvalue weighted by Crippen LogP contribution is 2.28. The molecule has 0 aliphatic rings. The Morgan fingerprint density at radius 3 is 2.59 bits per heavy atom. The molecule has 29 heavy (non-hydrogen) atoms. The topological polar surface area (TPSA) is 68.9 Å². The Morgan fingerprint density at radius 1 is 1.14 bits per heavy atom. The van der Waals surface area contributed by atoms with E-state index in [0.29, 0.717) is 16.1 Å². The summed E-state index contributed by atoms with van der Waals surface area (Å²) in [5.74, 6) is -0.283. The monoisotopic (exact) mass is 406 g/mol. The predicted molar refractivity (Wildman–Crippen MR) is 115 cm³/mol. The van der Waals surface area contributed by atoms with Gasteiger partial charge in [-0.3, -0.25) is 14.2 Å². The zero-order chi connectivity index (χ0) is 20.5. The van der Waals surface area contributed by atoms with Gasteiger partial charge in [-0.15, -0.1) is 0 Å². The number of nitrogens with zero attached hydrogens (tertiary/aromatic N) is 3. The van der Waals surface area contributed by atoms with Crippen LogP contribution < -0.4 is 10.9 Å². The Kier molecular flexibility index (Phi) is 4.94. The molecule has 0 saturated heterocycles. The van der Waals surface area contributed by atoms with E-state index in [9.17, 15) is 9.59 Å². The van der Waals surface area contributed by atoms with Gasteiger partial charge in [0, 0.05) is 29.5 Å². The lowest BCUT2D eigenvalue weighted by Crippen LogP contribution is -2.28. The molecule has 0 spiro atoms. The van der Waals surface area contributed by atoms with Gasteiger partial charge in [0.25, 0.3) is 5.56 Å². The first-order valence-corrected chi connectivity index (χ1v) is 9.47. The number of benzene rings is 2. The van der Waals surface area contributed by atoms with Crippen LogP contribution in [0.5, 0.6) is 0 Å². The summed E-state index contributed by atoms with van der Waals surface area (Å²) in [6.07, 6.45) is 3.28. The summed E-state index contributed by atoms with van der Waals surface area (Å²) < 4.78 is 3.06. The first-order chi connectivity index (χ1) is 13.9. The van der Waals surface area contributed by atoms with Gasteiger partial charge in [0.2, 0.25) is 5.91 Å². The van der Waals surface area contributed by atoms with Crippen molar-refractivity contribution in [2.75, 3.05) is 5.32 Å². The maximum atomic E-state index is 13.0. The summed E-state index contributed by atoms with van der Waals surface area (Å²) in [6.45, 7) is 1.80. The zero-order valence-electron chi connectivity index (χ0n) is 16.0. The normalized spacial score (nSPS) is 11.0. The zero-order valence-corrected chi connectivity index (χ0v) is 16.8. The molecule has 0 unspecified atom stereocenters. The van der Waals surface area contributed by atoms with Gasteiger partial charge in [-0.25, -0.2) is 4.98 Å². The van der Waals surface area contributed by atoms with Gasteiger partial charge < -0.3 is 9.88 Å². The molecule has 2 aromatic heterocycles. The van der Waals surface area contributed by atoms with Crippen molar-refractivity contribution in [3.63, 3.8) is 0 Å². The van der Waals surface area contributed by atoms with Crippen LogP contribution in [0.4, 0.5) is 5.69 Å². The fraction of sp³-hybridized carbons (Fsp3) is 0.136. The van der Waals surface area contributed by atoms with Crippen molar-refractivity contribution in [2.24, 2.45) is 7.05 Å². The third-order valence-electron chi connectivity index (χ3n) is 4.83. The van der Waals surface area contributed by atoms with Crippen molar-refractivity contribution in [3.05, 3.63) is 82.0 Å². The van der Waals surface area contributed by atoms with Crippen molar-refractivity contribution in [3.8, 4) is 11.1 Å². The lowest BCUT2D eigenvalue weighted by atomic mass is 10.1. The average molecular weight is 407 g/mol. The molecule has 0 saturated carbocycles. The van der Waals surface area contributed by atoms with E-state index >= 15 is 0 Å². The van der Waals surface area contributed by atoms with Crippen LogP contribution in [-0.2, 0) is 18.4 Å². The van der Waals surface area contributed by atoms with E-state index in [1.165, 1.54) is 10.9 Å². The number of anilines is 1. The summed E-state index contributed by atoms with van der Waals surface area (Å²) in [5, 5.41) is 3.48. The summed E-state index contributed by atoms with van der Waals surface area (Å²) in [4.78, 5) is 29.9. The molecule has 0 bridgehead atoms. The maximum absolute atomic E-state index is 13.0. The molecule has 1 N–H and O–H groups in total. The van der Waals surface area contributed by atoms with Gasteiger partial charge in [0.1, 0.15) is 17.6 Å². The number of para-hydroxylation sites is 1. The molecule has 1 amide bonds. The highest BCUT2D eigenvalue weighted by atomic mass is 35.5. The number of aromatic nitrogens is 3. The number of amides is 1. The van der Waals surface area contributed by atoms with E-state index in [0.717, 1.165) is 22.4 Å². The average Bonchev–Trinajstić information content (AvgIpc) is 3.03. The van der Waals surface area contributed by atoms with Crippen LogP contribution in [0.25, 0.3) is 22.2 Å². The van der Waals surface area contributed by atoms with Crippen LogP contribution in [0.2, 0.25) is 5.02 Å². The van der Waals surface area contributed by atoms with E-state index in [-0.39, 0.29) is 18.0 Å². The minimum absolute atomic E-state index is 0.114. The molecular weight excluding hydrogens is 388 g/mol. The van der Waals surface area contributed by atoms with E-state index < -0.39 is 0 Å². The maximum Gasteiger partial charge on any atom is 0.278 e. The summed E-state index contributed by atoms with van der Waals surface area (Å²) >= 11 is 5.97. The molecule has 7 heteroatoms. The van der Waals surface area contributed by atoms with Gasteiger partial charge in [0.05, 0.1) is 6.33 Å². The second-order valence-electron chi connectivity index (χ2n) is 6.90. The molecule has 4 aromatic rings. The lowest BCUT2D eigenvalue weighted by molar-refractivity contribution is -0.116. The third-order valence-corrected chi connectivity index (χ3v) is 5.08. The van der Waals surface area contributed by atoms with E-state index in [4.69, 9.17) is 11.6 Å². The van der Waals surface area contributed by atoms with Gasteiger partial charge in [-0.2, -0.15) is 0 Å². The number of carbonyl (C=O) groups excluding carboxylic acids is 1. The van der Waals surface area contributed by atoms with E-state index in [2.05, 4.69) is 10.3 Å². The van der Waals surface area contributed by atoms with Gasteiger partial charge in [-0.05, 0) is 36.2 Å². The summed E-state index contributed by atoms with van der Waals surface area (Å²) in [5.41, 5.74) is 4.21. The number of halogens is 1. The van der Waals surface area contributed by atoms with Gasteiger partial charge >= 0.3 is 0 Å². The number of rotatable bonds is 4. The Hall–Kier alpha value is -3.38. The number of hydrogen-bond donors (Lipinski definition) is 1. The molecule has 4 rings (SSSR count). The number of fused-ring (bicyclic) bond motifs is 1. The predicted octanol–water partition coefficient (Wildman–Crippen LogP) is 4.00. The Labute approximate surface area is 172 Å². The lowest BCUT2D eigenvalue weighted by Gasteiger charge is -2.09. The molecule has 0 atom stereocenters. The van der Waals surface area contributed by atoms with Crippen LogP contribution in [0.1, 0.15) is 5.56 Å².